The molecule has 0 spiro atoms. The van der Waals surface area contributed by atoms with Crippen LogP contribution in [0.5, 0.6) is 0 Å². The zero-order valence-electron chi connectivity index (χ0n) is 17.5. The summed E-state index contributed by atoms with van der Waals surface area (Å²) < 4.78 is 25.7. The van der Waals surface area contributed by atoms with Crippen molar-refractivity contribution in [1.82, 2.24) is 0 Å². The molecule has 2 rings (SSSR count). The summed E-state index contributed by atoms with van der Waals surface area (Å²) in [7, 11) is 0. The maximum atomic E-state index is 11.6. The lowest BCUT2D eigenvalue weighted by Gasteiger charge is -2.43. The second-order valence-corrected chi connectivity index (χ2v) is 7.73. The van der Waals surface area contributed by atoms with Crippen LogP contribution in [0.4, 0.5) is 0 Å². The fraction of sp³-hybridized carbons (Fsp3) is 0.889. The highest BCUT2D eigenvalue weighted by Crippen LogP contribution is 2.36. The van der Waals surface area contributed by atoms with Crippen molar-refractivity contribution >= 4 is 11.9 Å². The summed E-state index contributed by atoms with van der Waals surface area (Å²) in [6, 6.07) is 0. The zero-order chi connectivity index (χ0) is 24.2. The molecule has 14 nitrogen and oxygen atoms in total. The van der Waals surface area contributed by atoms with Crippen molar-refractivity contribution < 1.29 is 69.0 Å². The van der Waals surface area contributed by atoms with Crippen LogP contribution in [0, 0.1) is 5.92 Å². The van der Waals surface area contributed by atoms with Crippen molar-refractivity contribution in [3.05, 3.63) is 0 Å². The third kappa shape index (κ3) is 5.78. The number of esters is 2. The molecular formula is C18H30O14. The molecule has 0 aromatic rings. The monoisotopic (exact) mass is 470 g/mol. The molecule has 2 aliphatic rings. The quantitative estimate of drug-likeness (QED) is 0.124. The van der Waals surface area contributed by atoms with E-state index in [-0.39, 0.29) is 13.2 Å². The molecule has 2 saturated heterocycles. The Morgan fingerprint density at radius 1 is 1.00 bits per heavy atom. The van der Waals surface area contributed by atoms with Gasteiger partial charge in [-0.1, -0.05) is 0 Å². The maximum absolute atomic E-state index is 11.6. The minimum atomic E-state index is -2.29. The molecule has 0 aliphatic carbocycles. The van der Waals surface area contributed by atoms with E-state index in [1.165, 1.54) is 6.92 Å². The second kappa shape index (κ2) is 11.2. The van der Waals surface area contributed by atoms with Crippen molar-refractivity contribution in [1.29, 1.82) is 0 Å². The van der Waals surface area contributed by atoms with Crippen molar-refractivity contribution in [2.75, 3.05) is 26.4 Å². The second-order valence-electron chi connectivity index (χ2n) is 7.73. The first kappa shape index (κ1) is 26.9. The van der Waals surface area contributed by atoms with E-state index in [1.54, 1.807) is 0 Å². The van der Waals surface area contributed by atoms with Gasteiger partial charge in [0.2, 0.25) is 5.79 Å². The SMILES string of the molecule is CC(=O)OC(=O)C(C)COC[C@H]1O[C@H](O[C@]2(CO)O[C@H](CO)[C@@H](O)[C@@H]2O)[C@H](O)[C@@H](O)[C@@H]1O. The molecule has 0 aromatic carbocycles. The smallest absolute Gasteiger partial charge is 0.318 e. The molecule has 2 aliphatic heterocycles. The highest BCUT2D eigenvalue weighted by molar-refractivity contribution is 5.85. The lowest BCUT2D eigenvalue weighted by atomic mass is 9.99. The molecular weight excluding hydrogens is 440 g/mol. The van der Waals surface area contributed by atoms with E-state index in [4.69, 9.17) is 18.9 Å². The summed E-state index contributed by atoms with van der Waals surface area (Å²) in [5.74, 6) is -4.74. The number of aliphatic hydroxyl groups excluding tert-OH is 7. The molecule has 186 valence electrons. The van der Waals surface area contributed by atoms with Crippen LogP contribution in [0.2, 0.25) is 0 Å². The Balaban J connectivity index is 2.02. The first-order valence-corrected chi connectivity index (χ1v) is 9.90. The largest absolute Gasteiger partial charge is 0.394 e. The van der Waals surface area contributed by atoms with E-state index in [2.05, 4.69) is 4.74 Å². The van der Waals surface area contributed by atoms with Gasteiger partial charge >= 0.3 is 11.9 Å². The van der Waals surface area contributed by atoms with Crippen LogP contribution in [0.15, 0.2) is 0 Å². The van der Waals surface area contributed by atoms with Gasteiger partial charge in [-0.25, -0.2) is 0 Å². The fourth-order valence-corrected chi connectivity index (χ4v) is 3.29. The summed E-state index contributed by atoms with van der Waals surface area (Å²) in [4.78, 5) is 22.4. The van der Waals surface area contributed by atoms with Crippen LogP contribution in [-0.2, 0) is 33.3 Å². The Morgan fingerprint density at radius 3 is 2.19 bits per heavy atom. The number of rotatable bonds is 9. The number of hydrogen-bond acceptors (Lipinski definition) is 14. The molecule has 0 saturated carbocycles. The van der Waals surface area contributed by atoms with E-state index in [9.17, 15) is 45.3 Å². The summed E-state index contributed by atoms with van der Waals surface area (Å²) in [5.41, 5.74) is 0. The molecule has 10 atom stereocenters. The first-order valence-electron chi connectivity index (χ1n) is 9.90. The van der Waals surface area contributed by atoms with Gasteiger partial charge in [0.15, 0.2) is 6.29 Å². The van der Waals surface area contributed by atoms with Crippen LogP contribution >= 0.6 is 0 Å². The lowest BCUT2D eigenvalue weighted by Crippen LogP contribution is -2.62. The Labute approximate surface area is 182 Å². The standard InChI is InChI=1S/C18H30O14/c1-7(16(27)29-8(2)21)4-28-5-10-11(22)13(24)14(25)17(30-10)32-18(6-20)15(26)12(23)9(3-19)31-18/h7,9-15,17,19-20,22-26H,3-6H2,1-2H3/t7?,9-,10-,11-,12-,13+,14-,15+,17-,18+/m1/s1. The van der Waals surface area contributed by atoms with Gasteiger partial charge in [-0.15, -0.1) is 0 Å². The number of carbonyl (C=O) groups is 2. The van der Waals surface area contributed by atoms with Gasteiger partial charge in [-0.05, 0) is 6.92 Å². The Hall–Kier alpha value is -1.30. The predicted octanol–water partition coefficient (Wildman–Crippen LogP) is -4.65. The van der Waals surface area contributed by atoms with Crippen LogP contribution in [0.3, 0.4) is 0 Å². The third-order valence-corrected chi connectivity index (χ3v) is 5.19. The fourth-order valence-electron chi connectivity index (χ4n) is 3.29. The van der Waals surface area contributed by atoms with E-state index < -0.39 is 85.9 Å². The van der Waals surface area contributed by atoms with Crippen LogP contribution in [-0.4, -0.2) is 129 Å². The van der Waals surface area contributed by atoms with E-state index >= 15 is 0 Å². The van der Waals surface area contributed by atoms with Gasteiger partial charge in [-0.3, -0.25) is 9.59 Å². The number of hydrogen-bond donors (Lipinski definition) is 7. The number of ether oxygens (including phenoxy) is 5. The third-order valence-electron chi connectivity index (χ3n) is 5.19. The lowest BCUT2D eigenvalue weighted by molar-refractivity contribution is -0.384. The normalized spacial score (nSPS) is 40.8. The van der Waals surface area contributed by atoms with Gasteiger partial charge in [0, 0.05) is 6.92 Å². The van der Waals surface area contributed by atoms with Crippen molar-refractivity contribution in [3.63, 3.8) is 0 Å². The molecule has 0 bridgehead atoms. The Kier molecular flexibility index (Phi) is 9.45. The van der Waals surface area contributed by atoms with Crippen LogP contribution in [0.1, 0.15) is 13.8 Å². The Morgan fingerprint density at radius 2 is 1.66 bits per heavy atom. The zero-order valence-corrected chi connectivity index (χ0v) is 17.5. The average molecular weight is 470 g/mol. The number of aliphatic hydroxyl groups is 7. The number of carbonyl (C=O) groups excluding carboxylic acids is 2. The Bertz CT molecular complexity index is 645. The molecule has 1 unspecified atom stereocenters. The first-order chi connectivity index (χ1) is 15.0. The topological polar surface area (TPSA) is 222 Å². The molecule has 2 fully saturated rings. The van der Waals surface area contributed by atoms with Crippen LogP contribution in [0.25, 0.3) is 0 Å². The highest BCUT2D eigenvalue weighted by atomic mass is 16.8. The van der Waals surface area contributed by atoms with Gasteiger partial charge < -0.3 is 59.4 Å². The van der Waals surface area contributed by atoms with Gasteiger partial charge in [-0.2, -0.15) is 0 Å². The van der Waals surface area contributed by atoms with Gasteiger partial charge in [0.25, 0.3) is 0 Å². The van der Waals surface area contributed by atoms with E-state index in [0.29, 0.717) is 0 Å². The van der Waals surface area contributed by atoms with Gasteiger partial charge in [0.1, 0.15) is 49.3 Å². The minimum absolute atomic E-state index is 0.227. The molecule has 0 radical (unpaired) electrons. The van der Waals surface area contributed by atoms with Crippen molar-refractivity contribution in [3.8, 4) is 0 Å². The summed E-state index contributed by atoms with van der Waals surface area (Å²) >= 11 is 0. The average Bonchev–Trinajstić information content (AvgIpc) is 2.99. The maximum Gasteiger partial charge on any atom is 0.318 e. The summed E-state index contributed by atoms with van der Waals surface area (Å²) in [6.07, 6.45) is -13.1. The molecule has 32 heavy (non-hydrogen) atoms. The summed E-state index contributed by atoms with van der Waals surface area (Å²) in [6.45, 7) is 0.163. The minimum Gasteiger partial charge on any atom is -0.394 e. The molecule has 7 N–H and O–H groups in total. The molecule has 0 aromatic heterocycles. The summed E-state index contributed by atoms with van der Waals surface area (Å²) in [5, 5.41) is 69.6. The van der Waals surface area contributed by atoms with Crippen LogP contribution < -0.4 is 0 Å². The van der Waals surface area contributed by atoms with E-state index in [0.717, 1.165) is 6.92 Å². The van der Waals surface area contributed by atoms with Gasteiger partial charge in [0.05, 0.1) is 25.7 Å². The van der Waals surface area contributed by atoms with Crippen molar-refractivity contribution in [2.45, 2.75) is 68.7 Å². The highest BCUT2D eigenvalue weighted by Gasteiger charge is 2.58. The predicted molar refractivity (Wildman–Crippen MR) is 98.3 cm³/mol. The van der Waals surface area contributed by atoms with E-state index in [1.807, 2.05) is 0 Å². The molecule has 0 amide bonds. The molecule has 14 heteroatoms. The van der Waals surface area contributed by atoms with Crippen molar-refractivity contribution in [2.24, 2.45) is 5.92 Å². The molecule has 2 heterocycles.